The lowest BCUT2D eigenvalue weighted by Crippen LogP contribution is -2.34. The van der Waals surface area contributed by atoms with Gasteiger partial charge in [-0.15, -0.1) is 0 Å². The first-order valence-corrected chi connectivity index (χ1v) is 11.6. The summed E-state index contributed by atoms with van der Waals surface area (Å²) in [6.45, 7) is 2.62. The number of rotatable bonds is 7. The molecule has 0 saturated carbocycles. The first-order valence-electron chi connectivity index (χ1n) is 10.4. The maximum Gasteiger partial charge on any atom is 0.258 e. The van der Waals surface area contributed by atoms with Crippen molar-refractivity contribution in [1.29, 1.82) is 0 Å². The van der Waals surface area contributed by atoms with Crippen molar-refractivity contribution in [2.75, 3.05) is 23.9 Å². The zero-order valence-corrected chi connectivity index (χ0v) is 20.7. The zero-order valence-electron chi connectivity index (χ0n) is 18.3. The molecule has 3 aromatic carbocycles. The first-order chi connectivity index (χ1) is 15.9. The van der Waals surface area contributed by atoms with Gasteiger partial charge in [0, 0.05) is 29.5 Å². The maximum atomic E-state index is 12.9. The average molecular weight is 526 g/mol. The molecule has 0 atom stereocenters. The van der Waals surface area contributed by atoms with Gasteiger partial charge in [-0.1, -0.05) is 31.2 Å². The van der Waals surface area contributed by atoms with Crippen LogP contribution in [-0.4, -0.2) is 30.6 Å². The van der Waals surface area contributed by atoms with Gasteiger partial charge in [0.15, 0.2) is 5.11 Å². The molecule has 3 rings (SSSR count). The van der Waals surface area contributed by atoms with Crippen molar-refractivity contribution in [3.05, 3.63) is 88.4 Å². The highest BCUT2D eigenvalue weighted by atomic mass is 79.9. The molecule has 0 saturated heterocycles. The van der Waals surface area contributed by atoms with Crippen LogP contribution in [0.15, 0.2) is 77.3 Å². The predicted octanol–water partition coefficient (Wildman–Crippen LogP) is 5.64. The topological polar surface area (TPSA) is 70.7 Å². The van der Waals surface area contributed by atoms with Crippen LogP contribution in [0.2, 0.25) is 0 Å². The lowest BCUT2D eigenvalue weighted by atomic mass is 10.1. The third-order valence-electron chi connectivity index (χ3n) is 4.70. The number of halogens is 1. The molecule has 0 bridgehead atoms. The van der Waals surface area contributed by atoms with Gasteiger partial charge in [0.05, 0.1) is 11.1 Å². The number of nitrogens with zero attached hydrogens (tertiary/aromatic N) is 1. The molecule has 0 fully saturated rings. The molecule has 0 aliphatic carbocycles. The molecular formula is C25H24BrN3O3S. The molecule has 2 N–H and O–H groups in total. The second-order valence-corrected chi connectivity index (χ2v) is 8.45. The molecule has 0 aliphatic rings. The van der Waals surface area contributed by atoms with Crippen molar-refractivity contribution in [2.45, 2.75) is 13.3 Å². The maximum absolute atomic E-state index is 12.9. The summed E-state index contributed by atoms with van der Waals surface area (Å²) in [4.78, 5) is 27.0. The average Bonchev–Trinajstić information content (AvgIpc) is 2.83. The van der Waals surface area contributed by atoms with Gasteiger partial charge < -0.3 is 15.0 Å². The molecule has 8 heteroatoms. The van der Waals surface area contributed by atoms with Gasteiger partial charge in [0.2, 0.25) is 0 Å². The van der Waals surface area contributed by atoms with Crippen LogP contribution in [0.25, 0.3) is 0 Å². The van der Waals surface area contributed by atoms with E-state index in [1.807, 2.05) is 37.3 Å². The number of para-hydroxylation sites is 1. The zero-order chi connectivity index (χ0) is 23.8. The second-order valence-electron chi connectivity index (χ2n) is 7.18. The Morgan fingerprint density at radius 1 is 1.00 bits per heavy atom. The van der Waals surface area contributed by atoms with Crippen LogP contribution >= 0.6 is 28.1 Å². The summed E-state index contributed by atoms with van der Waals surface area (Å²) in [7, 11) is 1.72. The molecular weight excluding hydrogens is 502 g/mol. The number of benzene rings is 3. The van der Waals surface area contributed by atoms with Crippen molar-refractivity contribution in [1.82, 2.24) is 5.32 Å². The first kappa shape index (κ1) is 24.4. The largest absolute Gasteiger partial charge is 0.492 e. The Morgan fingerprint density at radius 2 is 1.76 bits per heavy atom. The monoisotopic (exact) mass is 525 g/mol. The number of hydrogen-bond acceptors (Lipinski definition) is 4. The van der Waals surface area contributed by atoms with Gasteiger partial charge in [-0.25, -0.2) is 0 Å². The standard InChI is InChI=1S/C25H24BrN3O3S/c1-3-14-32-22-13-12-17(16-21(22)26)23(30)28-25(33)27-19-9-7-8-18(15-19)24(31)29(2)20-10-5-4-6-11-20/h4-13,15-16H,3,14H2,1-2H3,(H2,27,28,30,33). The van der Waals surface area contributed by atoms with E-state index in [2.05, 4.69) is 26.6 Å². The van der Waals surface area contributed by atoms with E-state index < -0.39 is 0 Å². The minimum Gasteiger partial charge on any atom is -0.492 e. The van der Waals surface area contributed by atoms with E-state index in [0.717, 1.165) is 12.1 Å². The van der Waals surface area contributed by atoms with Gasteiger partial charge in [-0.2, -0.15) is 0 Å². The summed E-state index contributed by atoms with van der Waals surface area (Å²) in [5.74, 6) is 0.164. The van der Waals surface area contributed by atoms with E-state index in [-0.39, 0.29) is 16.9 Å². The highest BCUT2D eigenvalue weighted by molar-refractivity contribution is 9.10. The SMILES string of the molecule is CCCOc1ccc(C(=O)NC(=S)Nc2cccc(C(=O)N(C)c3ccccc3)c2)cc1Br. The lowest BCUT2D eigenvalue weighted by molar-refractivity contribution is 0.0974. The molecule has 0 aliphatic heterocycles. The van der Waals surface area contributed by atoms with E-state index in [1.54, 1.807) is 54.4 Å². The predicted molar refractivity (Wildman–Crippen MR) is 139 cm³/mol. The molecule has 0 radical (unpaired) electrons. The molecule has 0 spiro atoms. The highest BCUT2D eigenvalue weighted by Gasteiger charge is 2.15. The third kappa shape index (κ3) is 6.63. The van der Waals surface area contributed by atoms with E-state index in [9.17, 15) is 9.59 Å². The number of carbonyl (C=O) groups is 2. The Morgan fingerprint density at radius 3 is 2.45 bits per heavy atom. The molecule has 33 heavy (non-hydrogen) atoms. The summed E-state index contributed by atoms with van der Waals surface area (Å²) in [6, 6.07) is 21.4. The Hall–Kier alpha value is -3.23. The molecule has 2 amide bonds. The number of amides is 2. The summed E-state index contributed by atoms with van der Waals surface area (Å²) >= 11 is 8.72. The van der Waals surface area contributed by atoms with E-state index in [1.165, 1.54) is 0 Å². The van der Waals surface area contributed by atoms with Crippen molar-refractivity contribution >= 4 is 56.4 Å². The third-order valence-corrected chi connectivity index (χ3v) is 5.52. The van der Waals surface area contributed by atoms with Gasteiger partial charge in [0.25, 0.3) is 11.8 Å². The number of nitrogens with one attached hydrogen (secondary N) is 2. The number of ether oxygens (including phenoxy) is 1. The number of anilines is 2. The molecule has 0 aromatic heterocycles. The Bertz CT molecular complexity index is 1150. The Balaban J connectivity index is 1.63. The smallest absolute Gasteiger partial charge is 0.258 e. The van der Waals surface area contributed by atoms with Crippen LogP contribution in [0.3, 0.4) is 0 Å². The Kier molecular flexibility index (Phi) is 8.57. The summed E-state index contributed by atoms with van der Waals surface area (Å²) in [5.41, 5.74) is 2.31. The molecule has 6 nitrogen and oxygen atoms in total. The molecule has 0 unspecified atom stereocenters. The second kappa shape index (κ2) is 11.6. The lowest BCUT2D eigenvalue weighted by Gasteiger charge is -2.18. The highest BCUT2D eigenvalue weighted by Crippen LogP contribution is 2.26. The van der Waals surface area contributed by atoms with Crippen LogP contribution in [0.4, 0.5) is 11.4 Å². The van der Waals surface area contributed by atoms with Crippen molar-refractivity contribution in [3.8, 4) is 5.75 Å². The van der Waals surface area contributed by atoms with E-state index in [4.69, 9.17) is 17.0 Å². The summed E-state index contributed by atoms with van der Waals surface area (Å²) in [5, 5.41) is 5.75. The summed E-state index contributed by atoms with van der Waals surface area (Å²) in [6.07, 6.45) is 0.893. The van der Waals surface area contributed by atoms with Gasteiger partial charge in [-0.05, 0) is 83.1 Å². The van der Waals surface area contributed by atoms with Crippen LogP contribution in [0.1, 0.15) is 34.1 Å². The number of carbonyl (C=O) groups excluding carboxylic acids is 2. The van der Waals surface area contributed by atoms with Crippen molar-refractivity contribution in [3.63, 3.8) is 0 Å². The minimum absolute atomic E-state index is 0.128. The normalized spacial score (nSPS) is 10.3. The Labute approximate surface area is 207 Å². The van der Waals surface area contributed by atoms with Gasteiger partial charge >= 0.3 is 0 Å². The summed E-state index contributed by atoms with van der Waals surface area (Å²) < 4.78 is 6.30. The van der Waals surface area contributed by atoms with Crippen LogP contribution < -0.4 is 20.3 Å². The fraction of sp³-hybridized carbons (Fsp3) is 0.160. The van der Waals surface area contributed by atoms with Gasteiger partial charge in [-0.3, -0.25) is 14.9 Å². The minimum atomic E-state index is -0.355. The van der Waals surface area contributed by atoms with Crippen LogP contribution in [0, 0.1) is 0 Å². The fourth-order valence-electron chi connectivity index (χ4n) is 3.00. The number of thiocarbonyl (C=S) groups is 1. The molecule has 170 valence electrons. The van der Waals surface area contributed by atoms with E-state index in [0.29, 0.717) is 33.6 Å². The molecule has 3 aromatic rings. The number of hydrogen-bond donors (Lipinski definition) is 2. The van der Waals surface area contributed by atoms with Crippen LogP contribution in [0.5, 0.6) is 5.75 Å². The quantitative estimate of drug-likeness (QED) is 0.390. The van der Waals surface area contributed by atoms with Gasteiger partial charge in [0.1, 0.15) is 5.75 Å². The van der Waals surface area contributed by atoms with Crippen molar-refractivity contribution < 1.29 is 14.3 Å². The molecule has 0 heterocycles. The van der Waals surface area contributed by atoms with Crippen molar-refractivity contribution in [2.24, 2.45) is 0 Å². The van der Waals surface area contributed by atoms with Crippen LogP contribution in [-0.2, 0) is 0 Å². The van der Waals surface area contributed by atoms with E-state index >= 15 is 0 Å². The fourth-order valence-corrected chi connectivity index (χ4v) is 3.71.